The van der Waals surface area contributed by atoms with Crippen molar-refractivity contribution in [2.45, 2.75) is 39.5 Å². The van der Waals surface area contributed by atoms with Crippen LogP contribution in [0.25, 0.3) is 22.1 Å². The summed E-state index contributed by atoms with van der Waals surface area (Å²) < 4.78 is 14.6. The second-order valence-corrected chi connectivity index (χ2v) is 12.0. The normalized spacial score (nSPS) is 18.0. The van der Waals surface area contributed by atoms with E-state index in [2.05, 4.69) is 25.2 Å². The third kappa shape index (κ3) is 5.92. The summed E-state index contributed by atoms with van der Waals surface area (Å²) in [6, 6.07) is 13.9. The van der Waals surface area contributed by atoms with Gasteiger partial charge in [0.2, 0.25) is 0 Å². The Bertz CT molecular complexity index is 1920. The monoisotopic (exact) mass is 603 g/mol. The van der Waals surface area contributed by atoms with Gasteiger partial charge in [0.25, 0.3) is 0 Å². The van der Waals surface area contributed by atoms with Crippen LogP contribution >= 0.6 is 0 Å². The van der Waals surface area contributed by atoms with E-state index in [0.29, 0.717) is 36.2 Å². The van der Waals surface area contributed by atoms with Crippen LogP contribution < -0.4 is 19.7 Å². The quantitative estimate of drug-likeness (QED) is 0.189. The van der Waals surface area contributed by atoms with Gasteiger partial charge in [-0.2, -0.15) is 0 Å². The van der Waals surface area contributed by atoms with E-state index in [9.17, 15) is 4.79 Å². The lowest BCUT2D eigenvalue weighted by Gasteiger charge is -2.25. The largest absolute Gasteiger partial charge is 0.489 e. The highest BCUT2D eigenvalue weighted by atomic mass is 16.5. The van der Waals surface area contributed by atoms with E-state index in [1.165, 1.54) is 0 Å². The number of aryl methyl sites for hydroxylation is 2. The van der Waals surface area contributed by atoms with E-state index in [-0.39, 0.29) is 5.78 Å². The maximum atomic E-state index is 12.2. The third-order valence-corrected chi connectivity index (χ3v) is 8.91. The van der Waals surface area contributed by atoms with Crippen molar-refractivity contribution in [3.8, 4) is 17.2 Å². The number of nitrogens with one attached hydrogen (secondary N) is 1. The molecular formula is C35H37N7O3. The predicted molar refractivity (Wildman–Crippen MR) is 176 cm³/mol. The van der Waals surface area contributed by atoms with E-state index in [1.54, 1.807) is 18.7 Å². The van der Waals surface area contributed by atoms with Crippen molar-refractivity contribution in [3.05, 3.63) is 72.8 Å². The minimum atomic E-state index is 0.197. The number of ketones is 1. The van der Waals surface area contributed by atoms with Crippen molar-refractivity contribution in [2.24, 2.45) is 18.9 Å². The van der Waals surface area contributed by atoms with Gasteiger partial charge < -0.3 is 24.3 Å². The Morgan fingerprint density at radius 1 is 1.13 bits per heavy atom. The molecule has 1 saturated heterocycles. The second-order valence-electron chi connectivity index (χ2n) is 12.0. The zero-order chi connectivity index (χ0) is 30.9. The molecule has 2 bridgehead atoms. The van der Waals surface area contributed by atoms with Gasteiger partial charge in [-0.15, -0.1) is 0 Å². The van der Waals surface area contributed by atoms with E-state index in [0.717, 1.165) is 83.2 Å². The molecule has 45 heavy (non-hydrogen) atoms. The number of carbonyl (C=O) groups is 1. The summed E-state index contributed by atoms with van der Waals surface area (Å²) in [6.07, 6.45) is 10.5. The Morgan fingerprint density at radius 2 is 2.04 bits per heavy atom. The van der Waals surface area contributed by atoms with E-state index in [1.807, 2.05) is 74.0 Å². The van der Waals surface area contributed by atoms with Gasteiger partial charge in [0.05, 0.1) is 29.5 Å². The number of benzene rings is 2. The van der Waals surface area contributed by atoms with Crippen LogP contribution in [-0.4, -0.2) is 50.0 Å². The smallest absolute Gasteiger partial charge is 0.172 e. The summed E-state index contributed by atoms with van der Waals surface area (Å²) in [6.45, 7) is 6.28. The molecule has 2 aliphatic rings. The topological polar surface area (TPSA) is 107 Å². The molecule has 3 aromatic heterocycles. The highest BCUT2D eigenvalue weighted by Gasteiger charge is 2.33. The lowest BCUT2D eigenvalue weighted by atomic mass is 9.85. The highest BCUT2D eigenvalue weighted by molar-refractivity contribution is 5.90. The minimum absolute atomic E-state index is 0.197. The number of pyridine rings is 1. The predicted octanol–water partition coefficient (Wildman–Crippen LogP) is 6.91. The number of aromatic nitrogens is 5. The zero-order valence-electron chi connectivity index (χ0n) is 25.9. The molecule has 5 heterocycles. The lowest BCUT2D eigenvalue weighted by molar-refractivity contribution is -0.115. The summed E-state index contributed by atoms with van der Waals surface area (Å²) in [5.41, 5.74) is 5.21. The Morgan fingerprint density at radius 3 is 2.91 bits per heavy atom. The van der Waals surface area contributed by atoms with Crippen molar-refractivity contribution in [3.63, 3.8) is 0 Å². The fourth-order valence-corrected chi connectivity index (χ4v) is 6.53. The molecule has 2 aliphatic heterocycles. The summed E-state index contributed by atoms with van der Waals surface area (Å²) >= 11 is 0. The van der Waals surface area contributed by atoms with Gasteiger partial charge >= 0.3 is 0 Å². The van der Waals surface area contributed by atoms with Crippen molar-refractivity contribution < 1.29 is 14.3 Å². The number of allylic oxidation sites excluding steroid dienone is 2. The van der Waals surface area contributed by atoms with E-state index in [4.69, 9.17) is 14.5 Å². The SMILES string of the molecule is C/C=C/C(=O)CCC1CCCN2C[C@H]1COc1cc3ncnc(Nc4ccc(Oc5ccc6c(c5)ncn6C)c(C)c4)c3nc12. The Labute approximate surface area is 262 Å². The summed E-state index contributed by atoms with van der Waals surface area (Å²) in [5.74, 6) is 4.70. The molecule has 0 aliphatic carbocycles. The molecule has 2 aromatic carbocycles. The summed E-state index contributed by atoms with van der Waals surface area (Å²) in [7, 11) is 1.98. The van der Waals surface area contributed by atoms with Crippen LogP contribution in [0.2, 0.25) is 0 Å². The maximum absolute atomic E-state index is 12.2. The van der Waals surface area contributed by atoms with Crippen LogP contribution in [0.5, 0.6) is 17.2 Å². The first-order chi connectivity index (χ1) is 21.9. The molecule has 10 nitrogen and oxygen atoms in total. The van der Waals surface area contributed by atoms with Crippen molar-refractivity contribution in [1.82, 2.24) is 24.5 Å². The zero-order valence-corrected chi connectivity index (χ0v) is 25.9. The number of ether oxygens (including phenoxy) is 2. The van der Waals surface area contributed by atoms with Crippen LogP contribution in [-0.2, 0) is 11.8 Å². The number of hydrogen-bond acceptors (Lipinski definition) is 9. The molecule has 0 radical (unpaired) electrons. The van der Waals surface area contributed by atoms with Gasteiger partial charge in [0.1, 0.15) is 23.3 Å². The average Bonchev–Trinajstić information content (AvgIpc) is 3.18. The van der Waals surface area contributed by atoms with Gasteiger partial charge in [0, 0.05) is 50.3 Å². The van der Waals surface area contributed by atoms with Crippen LogP contribution in [0.1, 0.15) is 38.2 Å². The highest BCUT2D eigenvalue weighted by Crippen LogP contribution is 2.39. The molecule has 1 fully saturated rings. The third-order valence-electron chi connectivity index (χ3n) is 8.91. The van der Waals surface area contributed by atoms with Crippen LogP contribution in [0.15, 0.2) is 67.3 Å². The molecule has 1 N–H and O–H groups in total. The van der Waals surface area contributed by atoms with Gasteiger partial charge in [-0.3, -0.25) is 4.79 Å². The first-order valence-electron chi connectivity index (χ1n) is 15.6. The van der Waals surface area contributed by atoms with Crippen LogP contribution in [0.4, 0.5) is 17.3 Å². The van der Waals surface area contributed by atoms with E-state index >= 15 is 0 Å². The molecule has 1 unspecified atom stereocenters. The van der Waals surface area contributed by atoms with Gasteiger partial charge in [-0.25, -0.2) is 19.9 Å². The molecule has 2 atom stereocenters. The van der Waals surface area contributed by atoms with Crippen molar-refractivity contribution >= 4 is 45.2 Å². The summed E-state index contributed by atoms with van der Waals surface area (Å²) in [4.78, 5) is 33.1. The molecule has 0 amide bonds. The number of carbonyl (C=O) groups excluding carboxylic acids is 1. The van der Waals surface area contributed by atoms with Crippen LogP contribution in [0.3, 0.4) is 0 Å². The van der Waals surface area contributed by atoms with Gasteiger partial charge in [-0.05, 0) is 81.0 Å². The van der Waals surface area contributed by atoms with Gasteiger partial charge in [0.15, 0.2) is 23.2 Å². The standard InChI is InChI=1S/C35H37N7O3/c1-4-6-26(43)10-8-23-7-5-14-42-18-24(23)19-44-32-17-29-33(40-35(32)42)34(37-20-36-29)39-25-9-13-31(22(2)15-25)45-27-11-12-30-28(16-27)38-21-41(30)3/h4,6,9,11-13,15-17,20-21,23-24H,5,7-8,10,14,18-19H2,1-3H3,(H,36,37,39)/b6-4+/t23?,24-/m0/s1. The number of fused-ring (bicyclic) bond motifs is 6. The maximum Gasteiger partial charge on any atom is 0.172 e. The number of hydrogen-bond donors (Lipinski definition) is 1. The lowest BCUT2D eigenvalue weighted by Crippen LogP contribution is -2.31. The minimum Gasteiger partial charge on any atom is -0.489 e. The average molecular weight is 604 g/mol. The molecule has 5 aromatic rings. The number of nitrogens with zero attached hydrogens (tertiary/aromatic N) is 6. The van der Waals surface area contributed by atoms with Gasteiger partial charge in [-0.1, -0.05) is 6.08 Å². The first-order valence-corrected chi connectivity index (χ1v) is 15.6. The fourth-order valence-electron chi connectivity index (χ4n) is 6.53. The molecular weight excluding hydrogens is 566 g/mol. The van der Waals surface area contributed by atoms with E-state index < -0.39 is 0 Å². The Hall–Kier alpha value is -4.99. The van der Waals surface area contributed by atoms with Crippen LogP contribution in [0, 0.1) is 18.8 Å². The summed E-state index contributed by atoms with van der Waals surface area (Å²) in [5, 5.41) is 3.46. The molecule has 10 heteroatoms. The molecule has 7 rings (SSSR count). The number of imidazole rings is 1. The fraction of sp³-hybridized carbons (Fsp3) is 0.343. The Balaban J connectivity index is 1.11. The molecule has 0 spiro atoms. The number of anilines is 3. The first kappa shape index (κ1) is 28.8. The van der Waals surface area contributed by atoms with Crippen molar-refractivity contribution in [2.75, 3.05) is 29.9 Å². The van der Waals surface area contributed by atoms with Crippen molar-refractivity contribution in [1.29, 1.82) is 0 Å². The second kappa shape index (κ2) is 12.2. The molecule has 230 valence electrons. The number of rotatable bonds is 8. The Kier molecular flexibility index (Phi) is 7.79. The molecule has 0 saturated carbocycles.